The third-order valence-corrected chi connectivity index (χ3v) is 6.00. The maximum atomic E-state index is 13.0. The molecule has 1 aliphatic carbocycles. The number of carbonyl (C=O) groups excluding carboxylic acids is 2. The van der Waals surface area contributed by atoms with Gasteiger partial charge >= 0.3 is 0 Å². The zero-order valence-electron chi connectivity index (χ0n) is 14.2. The van der Waals surface area contributed by atoms with Crippen LogP contribution in [-0.2, 0) is 4.79 Å². The van der Waals surface area contributed by atoms with Crippen molar-refractivity contribution in [2.45, 2.75) is 57.4 Å². The minimum absolute atomic E-state index is 0.172. The SMILES string of the molecule is O=C1CCCN1c1ccc(C(=O)N2CCCC3CCCCC32)cc1. The number of nitrogens with zero attached hydrogens (tertiary/aromatic N) is 2. The quantitative estimate of drug-likeness (QED) is 0.833. The minimum atomic E-state index is 0.172. The molecule has 2 aliphatic heterocycles. The van der Waals surface area contributed by atoms with Gasteiger partial charge in [0.25, 0.3) is 5.91 Å². The molecule has 0 N–H and O–H groups in total. The second-order valence-corrected chi connectivity index (χ2v) is 7.45. The maximum absolute atomic E-state index is 13.0. The Kier molecular flexibility index (Phi) is 4.30. The van der Waals surface area contributed by atoms with Crippen molar-refractivity contribution in [1.29, 1.82) is 0 Å². The van der Waals surface area contributed by atoms with Crippen LogP contribution in [0, 0.1) is 5.92 Å². The number of amides is 2. The van der Waals surface area contributed by atoms with Gasteiger partial charge in [0.2, 0.25) is 5.91 Å². The fraction of sp³-hybridized carbons (Fsp3) is 0.600. The second-order valence-electron chi connectivity index (χ2n) is 7.45. The Balaban J connectivity index is 1.50. The van der Waals surface area contributed by atoms with Crippen LogP contribution in [0.1, 0.15) is 61.7 Å². The van der Waals surface area contributed by atoms with Crippen LogP contribution in [0.25, 0.3) is 0 Å². The van der Waals surface area contributed by atoms with Crippen molar-refractivity contribution in [2.24, 2.45) is 5.92 Å². The topological polar surface area (TPSA) is 40.6 Å². The molecule has 3 fully saturated rings. The molecule has 0 spiro atoms. The number of rotatable bonds is 2. The van der Waals surface area contributed by atoms with E-state index >= 15 is 0 Å². The largest absolute Gasteiger partial charge is 0.335 e. The van der Waals surface area contributed by atoms with Crippen molar-refractivity contribution >= 4 is 17.5 Å². The summed E-state index contributed by atoms with van der Waals surface area (Å²) >= 11 is 0. The van der Waals surface area contributed by atoms with E-state index < -0.39 is 0 Å². The summed E-state index contributed by atoms with van der Waals surface area (Å²) in [4.78, 5) is 28.8. The molecule has 24 heavy (non-hydrogen) atoms. The summed E-state index contributed by atoms with van der Waals surface area (Å²) in [5, 5.41) is 0. The zero-order chi connectivity index (χ0) is 16.5. The number of likely N-dealkylation sites (tertiary alicyclic amines) is 1. The first-order valence-corrected chi connectivity index (χ1v) is 9.45. The van der Waals surface area contributed by atoms with Crippen molar-refractivity contribution in [1.82, 2.24) is 4.90 Å². The monoisotopic (exact) mass is 326 g/mol. The highest BCUT2D eigenvalue weighted by Gasteiger charge is 2.36. The Morgan fingerprint density at radius 1 is 0.917 bits per heavy atom. The molecule has 1 aromatic carbocycles. The molecule has 0 aromatic heterocycles. The molecule has 0 bridgehead atoms. The Morgan fingerprint density at radius 3 is 2.42 bits per heavy atom. The lowest BCUT2D eigenvalue weighted by Crippen LogP contribution is -2.49. The molecule has 1 saturated carbocycles. The number of carbonyl (C=O) groups is 2. The Morgan fingerprint density at radius 2 is 1.67 bits per heavy atom. The lowest BCUT2D eigenvalue weighted by molar-refractivity contribution is -0.117. The maximum Gasteiger partial charge on any atom is 0.254 e. The van der Waals surface area contributed by atoms with E-state index in [0.717, 1.165) is 43.6 Å². The van der Waals surface area contributed by atoms with Gasteiger partial charge in [-0.25, -0.2) is 0 Å². The average molecular weight is 326 g/mol. The van der Waals surface area contributed by atoms with Gasteiger partial charge in [0.05, 0.1) is 0 Å². The van der Waals surface area contributed by atoms with Crippen LogP contribution in [0.3, 0.4) is 0 Å². The third kappa shape index (κ3) is 2.83. The highest BCUT2D eigenvalue weighted by molar-refractivity contribution is 5.97. The van der Waals surface area contributed by atoms with E-state index in [1.165, 1.54) is 25.7 Å². The van der Waals surface area contributed by atoms with Gasteiger partial charge in [-0.2, -0.15) is 0 Å². The van der Waals surface area contributed by atoms with E-state index in [1.807, 2.05) is 29.2 Å². The molecule has 2 unspecified atom stereocenters. The molecule has 2 atom stereocenters. The van der Waals surface area contributed by atoms with Gasteiger partial charge in [0.1, 0.15) is 0 Å². The molecule has 0 radical (unpaired) electrons. The van der Waals surface area contributed by atoms with E-state index in [2.05, 4.69) is 4.90 Å². The fourth-order valence-electron chi connectivity index (χ4n) is 4.75. The summed E-state index contributed by atoms with van der Waals surface area (Å²) in [7, 11) is 0. The minimum Gasteiger partial charge on any atom is -0.335 e. The predicted molar refractivity (Wildman–Crippen MR) is 94.0 cm³/mol. The standard InChI is InChI=1S/C20H26N2O2/c23-19-8-4-13-21(19)17-11-9-16(10-12-17)20(24)22-14-3-6-15-5-1-2-7-18(15)22/h9-12,15,18H,1-8,13-14H2. The van der Waals surface area contributed by atoms with Gasteiger partial charge in [0.15, 0.2) is 0 Å². The summed E-state index contributed by atoms with van der Waals surface area (Å²) < 4.78 is 0. The Hall–Kier alpha value is -1.84. The van der Waals surface area contributed by atoms with Gasteiger partial charge in [-0.05, 0) is 62.3 Å². The molecule has 4 heteroatoms. The van der Waals surface area contributed by atoms with Crippen molar-refractivity contribution in [2.75, 3.05) is 18.0 Å². The first kappa shape index (κ1) is 15.7. The van der Waals surface area contributed by atoms with Gasteiger partial charge in [-0.3, -0.25) is 9.59 Å². The third-order valence-electron chi connectivity index (χ3n) is 6.00. The van der Waals surface area contributed by atoms with Crippen LogP contribution in [0.2, 0.25) is 0 Å². The van der Waals surface area contributed by atoms with Crippen molar-refractivity contribution < 1.29 is 9.59 Å². The molecule has 4 rings (SSSR count). The summed E-state index contributed by atoms with van der Waals surface area (Å²) in [5.41, 5.74) is 1.68. The lowest BCUT2D eigenvalue weighted by Gasteiger charge is -2.44. The van der Waals surface area contributed by atoms with Crippen molar-refractivity contribution in [3.8, 4) is 0 Å². The number of hydrogen-bond donors (Lipinski definition) is 0. The molecule has 128 valence electrons. The van der Waals surface area contributed by atoms with Crippen LogP contribution in [0.5, 0.6) is 0 Å². The van der Waals surface area contributed by atoms with Gasteiger partial charge in [0, 0.05) is 36.8 Å². The molecule has 4 nitrogen and oxygen atoms in total. The number of fused-ring (bicyclic) bond motifs is 1. The normalized spacial score (nSPS) is 27.2. The molecular weight excluding hydrogens is 300 g/mol. The van der Waals surface area contributed by atoms with Gasteiger partial charge in [-0.15, -0.1) is 0 Å². The summed E-state index contributed by atoms with van der Waals surface area (Å²) in [6, 6.07) is 8.10. The highest BCUT2D eigenvalue weighted by Crippen LogP contribution is 2.36. The second kappa shape index (κ2) is 6.58. The lowest BCUT2D eigenvalue weighted by atomic mass is 9.78. The van der Waals surface area contributed by atoms with Crippen LogP contribution in [0.15, 0.2) is 24.3 Å². The summed E-state index contributed by atoms with van der Waals surface area (Å²) in [6.45, 7) is 1.69. The molecule has 2 saturated heterocycles. The van der Waals surface area contributed by atoms with Crippen LogP contribution in [0.4, 0.5) is 5.69 Å². The number of piperidine rings is 1. The average Bonchev–Trinajstić information content (AvgIpc) is 3.07. The van der Waals surface area contributed by atoms with E-state index in [9.17, 15) is 9.59 Å². The van der Waals surface area contributed by atoms with Crippen LogP contribution in [-0.4, -0.2) is 35.8 Å². The van der Waals surface area contributed by atoms with Crippen LogP contribution < -0.4 is 4.90 Å². The Bertz CT molecular complexity index is 623. The summed E-state index contributed by atoms with van der Waals surface area (Å²) in [6.07, 6.45) is 9.00. The van der Waals surface area contributed by atoms with Crippen molar-refractivity contribution in [3.05, 3.63) is 29.8 Å². The predicted octanol–water partition coefficient (Wildman–Crippen LogP) is 3.61. The van der Waals surface area contributed by atoms with E-state index in [0.29, 0.717) is 18.4 Å². The van der Waals surface area contributed by atoms with E-state index in [-0.39, 0.29) is 11.8 Å². The fourth-order valence-corrected chi connectivity index (χ4v) is 4.75. The van der Waals surface area contributed by atoms with Gasteiger partial charge in [-0.1, -0.05) is 12.8 Å². The van der Waals surface area contributed by atoms with E-state index in [1.54, 1.807) is 0 Å². The first-order valence-electron chi connectivity index (χ1n) is 9.45. The molecular formula is C20H26N2O2. The van der Waals surface area contributed by atoms with E-state index in [4.69, 9.17) is 0 Å². The number of hydrogen-bond acceptors (Lipinski definition) is 2. The highest BCUT2D eigenvalue weighted by atomic mass is 16.2. The zero-order valence-corrected chi connectivity index (χ0v) is 14.2. The molecule has 1 aromatic rings. The molecule has 2 heterocycles. The molecule has 2 amide bonds. The first-order chi connectivity index (χ1) is 11.7. The number of benzene rings is 1. The van der Waals surface area contributed by atoms with Gasteiger partial charge < -0.3 is 9.80 Å². The van der Waals surface area contributed by atoms with Crippen LogP contribution >= 0.6 is 0 Å². The smallest absolute Gasteiger partial charge is 0.254 e. The number of anilines is 1. The van der Waals surface area contributed by atoms with Crippen molar-refractivity contribution in [3.63, 3.8) is 0 Å². The Labute approximate surface area is 143 Å². The molecule has 3 aliphatic rings. The summed E-state index contributed by atoms with van der Waals surface area (Å²) in [5.74, 6) is 1.07.